The van der Waals surface area contributed by atoms with Gasteiger partial charge in [-0.2, -0.15) is 0 Å². The second kappa shape index (κ2) is 31.3. The van der Waals surface area contributed by atoms with Crippen LogP contribution in [0.15, 0.2) is 23.3 Å². The highest BCUT2D eigenvalue weighted by Crippen LogP contribution is 2.66. The first kappa shape index (κ1) is 58.4. The van der Waals surface area contributed by atoms with Crippen LogP contribution >= 0.6 is 0 Å². The Morgan fingerprint density at radius 1 is 0.588 bits per heavy atom. The van der Waals surface area contributed by atoms with Crippen LogP contribution in [0.5, 0.6) is 0 Å². The molecule has 0 radical (unpaired) electrons. The smallest absolute Gasteiger partial charge is 0.306 e. The summed E-state index contributed by atoms with van der Waals surface area (Å²) in [5.41, 5.74) is 3.80. The Hall–Kier alpha value is -2.15. The zero-order valence-corrected chi connectivity index (χ0v) is 45.9. The first-order chi connectivity index (χ1) is 32.8. The second-order valence-electron chi connectivity index (χ2n) is 23.5. The Labute approximate surface area is 419 Å². The van der Waals surface area contributed by atoms with Gasteiger partial charge in [0.15, 0.2) is 0 Å². The van der Waals surface area contributed by atoms with Crippen molar-refractivity contribution in [2.75, 3.05) is 19.6 Å². The van der Waals surface area contributed by atoms with Gasteiger partial charge >= 0.3 is 17.9 Å². The maximum absolute atomic E-state index is 13.5. The van der Waals surface area contributed by atoms with Crippen molar-refractivity contribution in [3.05, 3.63) is 23.3 Å². The van der Waals surface area contributed by atoms with Crippen molar-refractivity contribution < 1.29 is 28.6 Å². The average molecular weight is 951 g/mol. The van der Waals surface area contributed by atoms with Crippen LogP contribution in [0.3, 0.4) is 0 Å². The number of hydrogen-bond acceptors (Lipinski definition) is 7. The molecule has 9 atom stereocenters. The van der Waals surface area contributed by atoms with Crippen molar-refractivity contribution >= 4 is 17.9 Å². The van der Waals surface area contributed by atoms with Crippen molar-refractivity contribution in [2.45, 2.75) is 286 Å². The topological polar surface area (TPSA) is 82.1 Å². The molecule has 0 aromatic rings. The Kier molecular flexibility index (Phi) is 26.9. The molecule has 0 bridgehead atoms. The molecule has 0 saturated heterocycles. The van der Waals surface area contributed by atoms with Gasteiger partial charge in [-0.3, -0.25) is 14.4 Å². The summed E-state index contributed by atoms with van der Waals surface area (Å²) in [6, 6.07) is 0. The number of esters is 3. The Bertz CT molecular complexity index is 1520. The SMILES string of the molecule is CCCCCCCCC(CCCCCC)OC(=O)CCCCCCC(CCC(=O)OC1CCC2(C)C(=CC=C3C2CCC2(C)C3CCC2C(C)CCCC(C)C)C1)OC(=O)CCCN(CC)CC. The van der Waals surface area contributed by atoms with Crippen LogP contribution in [-0.4, -0.2) is 60.8 Å². The van der Waals surface area contributed by atoms with E-state index in [0.29, 0.717) is 36.5 Å². The van der Waals surface area contributed by atoms with Crippen LogP contribution < -0.4 is 0 Å². The third-order valence-electron chi connectivity index (χ3n) is 18.0. The number of fused-ring (bicyclic) bond motifs is 5. The van der Waals surface area contributed by atoms with Crippen LogP contribution in [0, 0.1) is 40.4 Å². The molecule has 9 unspecified atom stereocenters. The van der Waals surface area contributed by atoms with Gasteiger partial charge in [0.2, 0.25) is 0 Å². The largest absolute Gasteiger partial charge is 0.462 e. The number of nitrogens with zero attached hydrogens (tertiary/aromatic N) is 1. The van der Waals surface area contributed by atoms with Crippen LogP contribution in [0.2, 0.25) is 0 Å². The molecule has 68 heavy (non-hydrogen) atoms. The highest BCUT2D eigenvalue weighted by Gasteiger charge is 2.57. The lowest BCUT2D eigenvalue weighted by Gasteiger charge is -2.55. The van der Waals surface area contributed by atoms with Gasteiger partial charge in [-0.15, -0.1) is 0 Å². The molecule has 0 aromatic heterocycles. The molecule has 3 fully saturated rings. The molecule has 0 N–H and O–H groups in total. The van der Waals surface area contributed by atoms with E-state index in [-0.39, 0.29) is 48.1 Å². The highest BCUT2D eigenvalue weighted by molar-refractivity contribution is 5.71. The zero-order chi connectivity index (χ0) is 49.4. The highest BCUT2D eigenvalue weighted by atomic mass is 16.6. The maximum Gasteiger partial charge on any atom is 0.306 e. The van der Waals surface area contributed by atoms with E-state index in [1.807, 2.05) is 0 Å². The molecule has 4 rings (SSSR count). The Morgan fingerprint density at radius 3 is 1.81 bits per heavy atom. The summed E-state index contributed by atoms with van der Waals surface area (Å²) in [6.07, 6.45) is 37.9. The van der Waals surface area contributed by atoms with E-state index in [1.165, 1.54) is 102 Å². The van der Waals surface area contributed by atoms with Crippen LogP contribution in [-0.2, 0) is 28.6 Å². The van der Waals surface area contributed by atoms with E-state index < -0.39 is 0 Å². The summed E-state index contributed by atoms with van der Waals surface area (Å²) in [4.78, 5) is 42.0. The summed E-state index contributed by atoms with van der Waals surface area (Å²) >= 11 is 0. The Morgan fingerprint density at radius 2 is 1.18 bits per heavy atom. The quantitative estimate of drug-likeness (QED) is 0.0351. The van der Waals surface area contributed by atoms with Gasteiger partial charge in [0.25, 0.3) is 0 Å². The minimum absolute atomic E-state index is 0.0494. The van der Waals surface area contributed by atoms with Gasteiger partial charge in [0.05, 0.1) is 0 Å². The fourth-order valence-corrected chi connectivity index (χ4v) is 13.6. The number of allylic oxidation sites excluding steroid dienone is 3. The van der Waals surface area contributed by atoms with E-state index in [1.54, 1.807) is 5.57 Å². The number of ether oxygens (including phenoxy) is 3. The van der Waals surface area contributed by atoms with Crippen molar-refractivity contribution in [1.82, 2.24) is 4.90 Å². The number of carbonyl (C=O) groups excluding carboxylic acids is 3. The standard InChI is InChI=1S/C61H107NO6/c1-10-14-16-18-19-23-31-50(30-22-17-15-11-2)66-57(63)33-25-21-20-24-32-51(67-58(64)34-27-45-62(12-3)13-4)36-40-59(65)68-52-41-43-60(8)49(46-52)35-37-53-55-39-38-54(48(7)29-26-28-47(5)6)61(55,9)44-42-56(53)60/h35,37,47-48,50-52,54-56H,10-34,36,38-46H2,1-9H3. The lowest BCUT2D eigenvalue weighted by atomic mass is 9.50. The van der Waals surface area contributed by atoms with E-state index in [4.69, 9.17) is 14.2 Å². The number of carbonyl (C=O) groups is 3. The third-order valence-corrected chi connectivity index (χ3v) is 18.0. The van der Waals surface area contributed by atoms with Crippen molar-refractivity contribution in [2.24, 2.45) is 40.4 Å². The first-order valence-corrected chi connectivity index (χ1v) is 29.5. The van der Waals surface area contributed by atoms with Crippen molar-refractivity contribution in [1.29, 1.82) is 0 Å². The number of hydrogen-bond donors (Lipinski definition) is 0. The molecule has 0 aliphatic heterocycles. The van der Waals surface area contributed by atoms with Crippen LogP contribution in [0.25, 0.3) is 0 Å². The molecule has 0 amide bonds. The van der Waals surface area contributed by atoms with E-state index >= 15 is 0 Å². The fourth-order valence-electron chi connectivity index (χ4n) is 13.6. The second-order valence-corrected chi connectivity index (χ2v) is 23.5. The lowest BCUT2D eigenvalue weighted by Crippen LogP contribution is -2.46. The van der Waals surface area contributed by atoms with Crippen LogP contribution in [0.4, 0.5) is 0 Å². The molecule has 3 saturated carbocycles. The summed E-state index contributed by atoms with van der Waals surface area (Å²) in [5, 5.41) is 0. The minimum Gasteiger partial charge on any atom is -0.462 e. The summed E-state index contributed by atoms with van der Waals surface area (Å²) in [7, 11) is 0. The monoisotopic (exact) mass is 950 g/mol. The van der Waals surface area contributed by atoms with Gasteiger partial charge in [-0.1, -0.05) is 169 Å². The van der Waals surface area contributed by atoms with E-state index in [9.17, 15) is 14.4 Å². The van der Waals surface area contributed by atoms with Crippen LogP contribution in [0.1, 0.15) is 268 Å². The normalized spacial score (nSPS) is 25.8. The maximum atomic E-state index is 13.5. The molecule has 7 heteroatoms. The van der Waals surface area contributed by atoms with Gasteiger partial charge < -0.3 is 19.1 Å². The van der Waals surface area contributed by atoms with Crippen molar-refractivity contribution in [3.63, 3.8) is 0 Å². The van der Waals surface area contributed by atoms with Gasteiger partial charge in [-0.25, -0.2) is 0 Å². The first-order valence-electron chi connectivity index (χ1n) is 29.5. The molecule has 0 spiro atoms. The van der Waals surface area contributed by atoms with E-state index in [0.717, 1.165) is 121 Å². The lowest BCUT2D eigenvalue weighted by molar-refractivity contribution is -0.155. The molecular weight excluding hydrogens is 843 g/mol. The zero-order valence-electron chi connectivity index (χ0n) is 45.9. The average Bonchev–Trinajstić information content (AvgIpc) is 3.67. The Balaban J connectivity index is 1.25. The van der Waals surface area contributed by atoms with Gasteiger partial charge in [-0.05, 0) is 156 Å². The van der Waals surface area contributed by atoms with Crippen molar-refractivity contribution in [3.8, 4) is 0 Å². The number of rotatable bonds is 36. The molecular formula is C61H107NO6. The predicted octanol–water partition coefficient (Wildman–Crippen LogP) is 16.6. The minimum atomic E-state index is -0.307. The fraction of sp³-hybridized carbons (Fsp3) is 0.885. The summed E-state index contributed by atoms with van der Waals surface area (Å²) in [6.45, 7) is 24.1. The third kappa shape index (κ3) is 18.8. The number of unbranched alkanes of at least 4 members (excludes halogenated alkanes) is 11. The molecule has 392 valence electrons. The molecule has 0 heterocycles. The molecule has 4 aliphatic rings. The molecule has 7 nitrogen and oxygen atoms in total. The predicted molar refractivity (Wildman–Crippen MR) is 283 cm³/mol. The van der Waals surface area contributed by atoms with Gasteiger partial charge in [0.1, 0.15) is 18.3 Å². The summed E-state index contributed by atoms with van der Waals surface area (Å²) < 4.78 is 18.4. The molecule has 0 aromatic carbocycles. The summed E-state index contributed by atoms with van der Waals surface area (Å²) in [5.74, 6) is 3.37. The van der Waals surface area contributed by atoms with E-state index in [2.05, 4.69) is 79.4 Å². The van der Waals surface area contributed by atoms with Gasteiger partial charge in [0, 0.05) is 25.7 Å². The molecule has 4 aliphatic carbocycles.